The Labute approximate surface area is 175 Å². The topological polar surface area (TPSA) is 48.9 Å². The van der Waals surface area contributed by atoms with Crippen molar-refractivity contribution in [2.24, 2.45) is 4.99 Å². The van der Waals surface area contributed by atoms with E-state index < -0.39 is 0 Å². The van der Waals surface area contributed by atoms with E-state index in [1.807, 2.05) is 6.07 Å². The van der Waals surface area contributed by atoms with Gasteiger partial charge >= 0.3 is 0 Å². The summed E-state index contributed by atoms with van der Waals surface area (Å²) >= 11 is 0. The zero-order valence-corrected chi connectivity index (χ0v) is 17.9. The van der Waals surface area contributed by atoms with Crippen LogP contribution in [-0.2, 0) is 17.9 Å². The van der Waals surface area contributed by atoms with E-state index in [0.717, 1.165) is 25.6 Å². The number of methoxy groups -OCH3 is 1. The predicted molar refractivity (Wildman–Crippen MR) is 121 cm³/mol. The maximum atomic E-state index is 5.31. The minimum absolute atomic E-state index is 0.171. The van der Waals surface area contributed by atoms with Gasteiger partial charge in [0.1, 0.15) is 0 Å². The number of ether oxygens (including phenoxy) is 1. The Hall–Kier alpha value is -2.53. The molecule has 0 aromatic heterocycles. The van der Waals surface area contributed by atoms with E-state index >= 15 is 0 Å². The van der Waals surface area contributed by atoms with E-state index in [-0.39, 0.29) is 6.04 Å². The number of nitrogens with zero attached hydrogens (tertiary/aromatic N) is 2. The summed E-state index contributed by atoms with van der Waals surface area (Å²) in [6.07, 6.45) is 2.58. The molecule has 0 amide bonds. The van der Waals surface area contributed by atoms with Gasteiger partial charge in [0.2, 0.25) is 0 Å². The highest BCUT2D eigenvalue weighted by atomic mass is 16.5. The third-order valence-electron chi connectivity index (χ3n) is 5.36. The molecule has 2 aromatic carbocycles. The van der Waals surface area contributed by atoms with Crippen molar-refractivity contribution >= 4 is 11.6 Å². The van der Waals surface area contributed by atoms with Crippen LogP contribution in [0.4, 0.5) is 5.69 Å². The SMILES string of the molecule is CCNC(=NCc1ccccc1COC)NC(C)c1cccc(N2CCCC2)c1. The molecule has 0 bridgehead atoms. The summed E-state index contributed by atoms with van der Waals surface area (Å²) in [5, 5.41) is 6.93. The van der Waals surface area contributed by atoms with Crippen LogP contribution < -0.4 is 15.5 Å². The third-order valence-corrected chi connectivity index (χ3v) is 5.36. The summed E-state index contributed by atoms with van der Waals surface area (Å²) in [4.78, 5) is 7.29. The lowest BCUT2D eigenvalue weighted by molar-refractivity contribution is 0.184. The van der Waals surface area contributed by atoms with E-state index in [2.05, 4.69) is 71.8 Å². The molecule has 1 atom stereocenters. The smallest absolute Gasteiger partial charge is 0.192 e. The Morgan fingerprint density at radius 1 is 1.10 bits per heavy atom. The van der Waals surface area contributed by atoms with E-state index in [9.17, 15) is 0 Å². The molecule has 1 unspecified atom stereocenters. The average Bonchev–Trinajstić information content (AvgIpc) is 3.28. The second kappa shape index (κ2) is 10.9. The first-order valence-electron chi connectivity index (χ1n) is 10.7. The Bertz CT molecular complexity index is 799. The highest BCUT2D eigenvalue weighted by Gasteiger charge is 2.14. The minimum Gasteiger partial charge on any atom is -0.380 e. The summed E-state index contributed by atoms with van der Waals surface area (Å²) in [5.74, 6) is 0.832. The van der Waals surface area contributed by atoms with Crippen LogP contribution in [0.1, 0.15) is 49.4 Å². The molecule has 3 rings (SSSR count). The first-order valence-corrected chi connectivity index (χ1v) is 10.7. The number of guanidine groups is 1. The molecule has 29 heavy (non-hydrogen) atoms. The van der Waals surface area contributed by atoms with E-state index in [0.29, 0.717) is 13.2 Å². The van der Waals surface area contributed by atoms with Crippen LogP contribution >= 0.6 is 0 Å². The maximum Gasteiger partial charge on any atom is 0.192 e. The first-order chi connectivity index (χ1) is 14.2. The molecule has 1 saturated heterocycles. The monoisotopic (exact) mass is 394 g/mol. The van der Waals surface area contributed by atoms with Gasteiger partial charge < -0.3 is 20.3 Å². The summed E-state index contributed by atoms with van der Waals surface area (Å²) < 4.78 is 5.31. The third kappa shape index (κ3) is 5.97. The molecule has 0 spiro atoms. The molecule has 1 fully saturated rings. The van der Waals surface area contributed by atoms with Crippen LogP contribution in [0.25, 0.3) is 0 Å². The molecule has 156 valence electrons. The zero-order valence-electron chi connectivity index (χ0n) is 17.9. The summed E-state index contributed by atoms with van der Waals surface area (Å²) in [5.41, 5.74) is 4.97. The molecule has 2 N–H and O–H groups in total. The van der Waals surface area contributed by atoms with Crippen molar-refractivity contribution in [1.29, 1.82) is 0 Å². The highest BCUT2D eigenvalue weighted by Crippen LogP contribution is 2.24. The molecule has 0 saturated carbocycles. The fourth-order valence-electron chi connectivity index (χ4n) is 3.75. The van der Waals surface area contributed by atoms with Crippen LogP contribution in [0.5, 0.6) is 0 Å². The summed E-state index contributed by atoms with van der Waals surface area (Å²) in [6.45, 7) is 8.66. The number of anilines is 1. The van der Waals surface area contributed by atoms with Gasteiger partial charge in [0, 0.05) is 32.4 Å². The Balaban J connectivity index is 1.70. The van der Waals surface area contributed by atoms with Crippen molar-refractivity contribution in [1.82, 2.24) is 10.6 Å². The van der Waals surface area contributed by atoms with Gasteiger partial charge in [-0.15, -0.1) is 0 Å². The van der Waals surface area contributed by atoms with Gasteiger partial charge in [-0.05, 0) is 55.5 Å². The molecule has 1 aliphatic heterocycles. The Morgan fingerprint density at radius 2 is 1.86 bits per heavy atom. The van der Waals surface area contributed by atoms with Gasteiger partial charge in [-0.2, -0.15) is 0 Å². The largest absolute Gasteiger partial charge is 0.380 e. The fourth-order valence-corrected chi connectivity index (χ4v) is 3.75. The Morgan fingerprint density at radius 3 is 2.59 bits per heavy atom. The van der Waals surface area contributed by atoms with Gasteiger partial charge in [0.05, 0.1) is 19.2 Å². The maximum absolute atomic E-state index is 5.31. The van der Waals surface area contributed by atoms with Crippen molar-refractivity contribution in [3.05, 3.63) is 65.2 Å². The lowest BCUT2D eigenvalue weighted by Crippen LogP contribution is -2.38. The lowest BCUT2D eigenvalue weighted by Gasteiger charge is -2.22. The van der Waals surface area contributed by atoms with E-state index in [4.69, 9.17) is 9.73 Å². The number of aliphatic imine (C=N–C) groups is 1. The van der Waals surface area contributed by atoms with Crippen LogP contribution in [-0.4, -0.2) is 32.7 Å². The minimum atomic E-state index is 0.171. The Kier molecular flexibility index (Phi) is 7.94. The van der Waals surface area contributed by atoms with Crippen LogP contribution in [0.3, 0.4) is 0 Å². The second-order valence-electron chi connectivity index (χ2n) is 7.55. The molecule has 1 aliphatic rings. The van der Waals surface area contributed by atoms with Gasteiger partial charge in [-0.25, -0.2) is 4.99 Å². The molecule has 2 aromatic rings. The molecule has 5 heteroatoms. The van der Waals surface area contributed by atoms with Gasteiger partial charge in [-0.3, -0.25) is 0 Å². The lowest BCUT2D eigenvalue weighted by atomic mass is 10.1. The summed E-state index contributed by atoms with van der Waals surface area (Å²) in [7, 11) is 1.73. The van der Waals surface area contributed by atoms with Crippen molar-refractivity contribution in [3.8, 4) is 0 Å². The van der Waals surface area contributed by atoms with Crippen LogP contribution in [0.2, 0.25) is 0 Å². The zero-order chi connectivity index (χ0) is 20.5. The van der Waals surface area contributed by atoms with Crippen molar-refractivity contribution in [3.63, 3.8) is 0 Å². The molecule has 1 heterocycles. The number of hydrogen-bond donors (Lipinski definition) is 2. The number of rotatable bonds is 8. The first kappa shape index (κ1) is 21.2. The van der Waals surface area contributed by atoms with E-state index in [1.54, 1.807) is 7.11 Å². The molecular formula is C24H34N4O. The molecule has 0 aliphatic carbocycles. The van der Waals surface area contributed by atoms with Crippen molar-refractivity contribution in [2.45, 2.75) is 45.9 Å². The van der Waals surface area contributed by atoms with Crippen molar-refractivity contribution in [2.75, 3.05) is 31.6 Å². The number of hydrogen-bond acceptors (Lipinski definition) is 3. The summed E-state index contributed by atoms with van der Waals surface area (Å²) in [6, 6.07) is 17.3. The van der Waals surface area contributed by atoms with E-state index in [1.165, 1.54) is 35.2 Å². The quantitative estimate of drug-likeness (QED) is 0.519. The van der Waals surface area contributed by atoms with Gasteiger partial charge in [0.15, 0.2) is 5.96 Å². The van der Waals surface area contributed by atoms with Gasteiger partial charge in [-0.1, -0.05) is 36.4 Å². The number of nitrogens with one attached hydrogen (secondary N) is 2. The van der Waals surface area contributed by atoms with Gasteiger partial charge in [0.25, 0.3) is 0 Å². The fraction of sp³-hybridized carbons (Fsp3) is 0.458. The van der Waals surface area contributed by atoms with Crippen LogP contribution in [0.15, 0.2) is 53.5 Å². The standard InChI is InChI=1S/C24H34N4O/c1-4-25-24(26-17-21-10-5-6-11-22(21)18-29-3)27-19(2)20-12-9-13-23(16-20)28-14-7-8-15-28/h5-6,9-13,16,19H,4,7-8,14-15,17-18H2,1-3H3,(H2,25,26,27). The molecule has 5 nitrogen and oxygen atoms in total. The average molecular weight is 395 g/mol. The highest BCUT2D eigenvalue weighted by molar-refractivity contribution is 5.80. The van der Waals surface area contributed by atoms with Crippen molar-refractivity contribution < 1.29 is 4.74 Å². The number of benzene rings is 2. The molecular weight excluding hydrogens is 360 g/mol. The molecule has 0 radical (unpaired) electrons. The normalized spacial score (nSPS) is 15.4. The van der Waals surface area contributed by atoms with Crippen LogP contribution in [0, 0.1) is 0 Å². The second-order valence-corrected chi connectivity index (χ2v) is 7.55. The predicted octanol–water partition coefficient (Wildman–Crippen LogP) is 4.25.